The van der Waals surface area contributed by atoms with Crippen LogP contribution in [-0.2, 0) is 4.79 Å². The van der Waals surface area contributed by atoms with E-state index in [0.717, 1.165) is 24.1 Å². The Morgan fingerprint density at radius 2 is 1.78 bits per heavy atom. The van der Waals surface area contributed by atoms with Gasteiger partial charge in [-0.2, -0.15) is 0 Å². The van der Waals surface area contributed by atoms with Gasteiger partial charge in [-0.25, -0.2) is 4.98 Å². The fourth-order valence-corrected chi connectivity index (χ4v) is 4.67. The van der Waals surface area contributed by atoms with Crippen LogP contribution in [0.5, 0.6) is 0 Å². The Morgan fingerprint density at radius 3 is 2.44 bits per heavy atom. The average Bonchev–Trinajstić information content (AvgIpc) is 3.26. The predicted molar refractivity (Wildman–Crippen MR) is 127 cm³/mol. The molecule has 0 aliphatic heterocycles. The van der Waals surface area contributed by atoms with Gasteiger partial charge in [-0.05, 0) is 43.0 Å². The van der Waals surface area contributed by atoms with Gasteiger partial charge >= 0.3 is 0 Å². The monoisotopic (exact) mass is 449 g/mol. The van der Waals surface area contributed by atoms with Crippen molar-refractivity contribution < 1.29 is 9.59 Å². The normalized spacial score (nSPS) is 14.1. The van der Waals surface area contributed by atoms with Gasteiger partial charge in [0.2, 0.25) is 5.91 Å². The van der Waals surface area contributed by atoms with Crippen molar-refractivity contribution in [3.8, 4) is 11.3 Å². The van der Waals surface area contributed by atoms with Gasteiger partial charge in [-0.1, -0.05) is 31.4 Å². The smallest absolute Gasteiger partial charge is 0.254 e. The largest absolute Gasteiger partial charge is 0.375 e. The average molecular weight is 450 g/mol. The first-order valence-electron chi connectivity index (χ1n) is 10.9. The molecule has 0 saturated heterocycles. The molecule has 166 valence electrons. The number of aromatic nitrogens is 2. The number of carbonyl (C=O) groups excluding carboxylic acids is 2. The van der Waals surface area contributed by atoms with Crippen LogP contribution in [0.2, 0.25) is 0 Å². The van der Waals surface area contributed by atoms with E-state index >= 15 is 0 Å². The summed E-state index contributed by atoms with van der Waals surface area (Å²) in [5.74, 6) is 0.0885. The van der Waals surface area contributed by atoms with E-state index in [1.165, 1.54) is 30.6 Å². The van der Waals surface area contributed by atoms with E-state index in [-0.39, 0.29) is 18.4 Å². The topological polar surface area (TPSA) is 101 Å². The number of thiazole rings is 1. The van der Waals surface area contributed by atoms with Gasteiger partial charge in [0.05, 0.1) is 5.69 Å². The highest BCUT2D eigenvalue weighted by Gasteiger charge is 2.24. The standard InChI is InChI=1S/C24H27N5O2S/c25-24-28-21(16-32-24)18-6-8-20(9-7-18)27-22(30)15-29(14-17-4-2-1-3-5-17)23(31)19-10-12-26-13-11-19/h6-13,16-17H,1-5,14-15H2,(H2,25,28)(H,27,30). The molecular weight excluding hydrogens is 422 g/mol. The number of nitrogen functional groups attached to an aromatic ring is 1. The number of amides is 2. The number of anilines is 2. The summed E-state index contributed by atoms with van der Waals surface area (Å²) in [6.45, 7) is 0.612. The zero-order valence-corrected chi connectivity index (χ0v) is 18.7. The molecule has 2 amide bonds. The van der Waals surface area contributed by atoms with Gasteiger partial charge in [-0.3, -0.25) is 14.6 Å². The third-order valence-electron chi connectivity index (χ3n) is 5.74. The van der Waals surface area contributed by atoms with Crippen molar-refractivity contribution in [3.63, 3.8) is 0 Å². The van der Waals surface area contributed by atoms with Crippen molar-refractivity contribution in [3.05, 3.63) is 59.7 Å². The number of nitrogens with two attached hydrogens (primary N) is 1. The molecular formula is C24H27N5O2S. The van der Waals surface area contributed by atoms with Gasteiger partial charge in [0.15, 0.2) is 5.13 Å². The van der Waals surface area contributed by atoms with E-state index in [4.69, 9.17) is 5.73 Å². The van der Waals surface area contributed by atoms with Crippen LogP contribution in [0.3, 0.4) is 0 Å². The molecule has 2 heterocycles. The number of carbonyl (C=O) groups is 2. The van der Waals surface area contributed by atoms with Crippen molar-refractivity contribution in [1.29, 1.82) is 0 Å². The molecule has 1 saturated carbocycles. The number of hydrogen-bond acceptors (Lipinski definition) is 6. The molecule has 0 spiro atoms. The molecule has 3 aromatic rings. The molecule has 1 aliphatic rings. The quantitative estimate of drug-likeness (QED) is 0.555. The molecule has 2 aromatic heterocycles. The number of hydrogen-bond donors (Lipinski definition) is 2. The van der Waals surface area contributed by atoms with Crippen LogP contribution < -0.4 is 11.1 Å². The van der Waals surface area contributed by atoms with Crippen LogP contribution in [0.15, 0.2) is 54.2 Å². The lowest BCUT2D eigenvalue weighted by molar-refractivity contribution is -0.117. The first-order chi connectivity index (χ1) is 15.6. The Balaban J connectivity index is 1.42. The van der Waals surface area contributed by atoms with E-state index in [0.29, 0.717) is 28.8 Å². The SMILES string of the molecule is Nc1nc(-c2ccc(NC(=O)CN(CC3CCCCC3)C(=O)c3ccncc3)cc2)cs1. The molecule has 0 unspecified atom stereocenters. The van der Waals surface area contributed by atoms with Crippen LogP contribution in [0.1, 0.15) is 42.5 Å². The minimum atomic E-state index is -0.214. The van der Waals surface area contributed by atoms with Gasteiger partial charge in [0.25, 0.3) is 5.91 Å². The second-order valence-corrected chi connectivity index (χ2v) is 9.01. The number of nitrogens with zero attached hydrogens (tertiary/aromatic N) is 3. The predicted octanol–water partition coefficient (Wildman–Crippen LogP) is 4.45. The van der Waals surface area contributed by atoms with Crippen LogP contribution in [0.25, 0.3) is 11.3 Å². The molecule has 0 radical (unpaired) electrons. The molecule has 4 rings (SSSR count). The molecule has 0 bridgehead atoms. The maximum Gasteiger partial charge on any atom is 0.254 e. The third kappa shape index (κ3) is 5.70. The summed E-state index contributed by atoms with van der Waals surface area (Å²) in [4.78, 5) is 35.9. The van der Waals surface area contributed by atoms with Crippen molar-refractivity contribution in [2.45, 2.75) is 32.1 Å². The van der Waals surface area contributed by atoms with Crippen molar-refractivity contribution in [1.82, 2.24) is 14.9 Å². The highest BCUT2D eigenvalue weighted by atomic mass is 32.1. The number of pyridine rings is 1. The zero-order chi connectivity index (χ0) is 22.3. The lowest BCUT2D eigenvalue weighted by Crippen LogP contribution is -2.41. The molecule has 0 atom stereocenters. The Bertz CT molecular complexity index is 1050. The summed E-state index contributed by atoms with van der Waals surface area (Å²) in [7, 11) is 0. The fourth-order valence-electron chi connectivity index (χ4n) is 4.10. The number of benzene rings is 1. The number of nitrogens with one attached hydrogen (secondary N) is 1. The van der Waals surface area contributed by atoms with Crippen molar-refractivity contribution >= 4 is 34.0 Å². The minimum absolute atomic E-state index is 0.0159. The first-order valence-corrected chi connectivity index (χ1v) is 11.8. The highest BCUT2D eigenvalue weighted by molar-refractivity contribution is 7.13. The van der Waals surface area contributed by atoms with E-state index in [2.05, 4.69) is 15.3 Å². The van der Waals surface area contributed by atoms with Gasteiger partial charge in [0.1, 0.15) is 6.54 Å². The summed E-state index contributed by atoms with van der Waals surface area (Å²) in [6, 6.07) is 10.8. The number of rotatable bonds is 7. The summed E-state index contributed by atoms with van der Waals surface area (Å²) in [5.41, 5.74) is 8.68. The van der Waals surface area contributed by atoms with Crippen LogP contribution in [0.4, 0.5) is 10.8 Å². The van der Waals surface area contributed by atoms with E-state index in [9.17, 15) is 9.59 Å². The summed E-state index contributed by atoms with van der Waals surface area (Å²) >= 11 is 1.39. The second-order valence-electron chi connectivity index (χ2n) is 8.12. The Morgan fingerprint density at radius 1 is 1.06 bits per heavy atom. The molecule has 1 fully saturated rings. The molecule has 32 heavy (non-hydrogen) atoms. The Kier molecular flexibility index (Phi) is 7.11. The summed E-state index contributed by atoms with van der Waals surface area (Å²) < 4.78 is 0. The van der Waals surface area contributed by atoms with E-state index in [1.807, 2.05) is 29.6 Å². The molecule has 1 aromatic carbocycles. The zero-order valence-electron chi connectivity index (χ0n) is 17.9. The summed E-state index contributed by atoms with van der Waals surface area (Å²) in [5, 5.41) is 5.33. The molecule has 8 heteroatoms. The maximum atomic E-state index is 13.1. The fraction of sp³-hybridized carbons (Fsp3) is 0.333. The van der Waals surface area contributed by atoms with Crippen LogP contribution >= 0.6 is 11.3 Å². The third-order valence-corrected chi connectivity index (χ3v) is 6.41. The van der Waals surface area contributed by atoms with Gasteiger partial charge in [-0.15, -0.1) is 11.3 Å². The molecule has 3 N–H and O–H groups in total. The van der Waals surface area contributed by atoms with Crippen molar-refractivity contribution in [2.24, 2.45) is 5.92 Å². The van der Waals surface area contributed by atoms with Gasteiger partial charge in [0, 0.05) is 41.1 Å². The Hall–Kier alpha value is -3.26. The maximum absolute atomic E-state index is 13.1. The lowest BCUT2D eigenvalue weighted by atomic mass is 9.89. The summed E-state index contributed by atoms with van der Waals surface area (Å²) in [6.07, 6.45) is 9.02. The van der Waals surface area contributed by atoms with E-state index in [1.54, 1.807) is 29.4 Å². The Labute approximate surface area is 191 Å². The van der Waals surface area contributed by atoms with Crippen molar-refractivity contribution in [2.75, 3.05) is 24.1 Å². The molecule has 1 aliphatic carbocycles. The van der Waals surface area contributed by atoms with Crippen LogP contribution in [-0.4, -0.2) is 39.8 Å². The first kappa shape index (κ1) is 22.0. The van der Waals surface area contributed by atoms with Gasteiger partial charge < -0.3 is 16.0 Å². The minimum Gasteiger partial charge on any atom is -0.375 e. The van der Waals surface area contributed by atoms with Crippen LogP contribution in [0, 0.1) is 5.92 Å². The second kappa shape index (κ2) is 10.4. The highest BCUT2D eigenvalue weighted by Crippen LogP contribution is 2.26. The van der Waals surface area contributed by atoms with E-state index < -0.39 is 0 Å². The molecule has 7 nitrogen and oxygen atoms in total. The lowest BCUT2D eigenvalue weighted by Gasteiger charge is -2.29.